The first-order chi connectivity index (χ1) is 11.0. The fraction of sp³-hybridized carbons (Fsp3) is 0. The van der Waals surface area contributed by atoms with Gasteiger partial charge in [0.25, 0.3) is 0 Å². The first-order valence-corrected chi connectivity index (χ1v) is 7.01. The fourth-order valence-corrected chi connectivity index (χ4v) is 2.24. The first-order valence-electron chi connectivity index (χ1n) is 7.01. The predicted octanol–water partition coefficient (Wildman–Crippen LogP) is 3.22. The van der Waals surface area contributed by atoms with Crippen LogP contribution in [0, 0.1) is 5.41 Å². The van der Waals surface area contributed by atoms with E-state index in [1.54, 1.807) is 12.1 Å². The molecule has 3 aromatic rings. The van der Waals surface area contributed by atoms with Gasteiger partial charge < -0.3 is 16.0 Å². The maximum atomic E-state index is 7.41. The minimum Gasteiger partial charge on any atom is -0.399 e. The number of hydrogen-bond donors (Lipinski definition) is 3. The third-order valence-electron chi connectivity index (χ3n) is 3.52. The normalized spacial score (nSPS) is 10.4. The fourth-order valence-electron chi connectivity index (χ4n) is 2.24. The van der Waals surface area contributed by atoms with Gasteiger partial charge in [-0.05, 0) is 11.6 Å². The van der Waals surface area contributed by atoms with E-state index in [9.17, 15) is 0 Å². The number of amidine groups is 1. The van der Waals surface area contributed by atoms with Gasteiger partial charge in [0.05, 0.1) is 0 Å². The molecule has 23 heavy (non-hydrogen) atoms. The summed E-state index contributed by atoms with van der Waals surface area (Å²) in [6.45, 7) is 3.74. The van der Waals surface area contributed by atoms with Gasteiger partial charge in [-0.2, -0.15) is 0 Å². The Bertz CT molecular complexity index is 878. The molecule has 1 aromatic heterocycles. The highest BCUT2D eigenvalue weighted by molar-refractivity contribution is 5.95. The Labute approximate surface area is 133 Å². The summed E-state index contributed by atoms with van der Waals surface area (Å²) in [6.07, 6.45) is 0. The standard InChI is InChI=1S/C18H16N4O/c1-11(19)14-3-2-4-15(9-14)17-10-16(22-23-17)12-5-7-13(8-6-12)18(20)21/h2-10H,1,19H2,(H3,20,21). The highest BCUT2D eigenvalue weighted by Gasteiger charge is 2.10. The molecule has 3 rings (SSSR count). The molecule has 5 nitrogen and oxygen atoms in total. The largest absolute Gasteiger partial charge is 0.399 e. The van der Waals surface area contributed by atoms with Crippen molar-refractivity contribution in [2.75, 3.05) is 0 Å². The molecule has 0 amide bonds. The number of nitrogens with one attached hydrogen (secondary N) is 1. The van der Waals surface area contributed by atoms with Crippen LogP contribution in [0.3, 0.4) is 0 Å². The van der Waals surface area contributed by atoms with Gasteiger partial charge in [-0.15, -0.1) is 0 Å². The highest BCUT2D eigenvalue weighted by atomic mass is 16.5. The van der Waals surface area contributed by atoms with Crippen molar-refractivity contribution < 1.29 is 4.52 Å². The molecule has 0 spiro atoms. The second-order valence-corrected chi connectivity index (χ2v) is 5.17. The molecule has 0 aliphatic rings. The van der Waals surface area contributed by atoms with Crippen LogP contribution in [0.4, 0.5) is 0 Å². The molecule has 0 aliphatic heterocycles. The van der Waals surface area contributed by atoms with Gasteiger partial charge in [0.15, 0.2) is 5.76 Å². The summed E-state index contributed by atoms with van der Waals surface area (Å²) in [7, 11) is 0. The zero-order valence-electron chi connectivity index (χ0n) is 12.4. The number of aromatic nitrogens is 1. The summed E-state index contributed by atoms with van der Waals surface area (Å²) in [4.78, 5) is 0. The van der Waals surface area contributed by atoms with Crippen molar-refractivity contribution in [3.05, 3.63) is 72.3 Å². The van der Waals surface area contributed by atoms with Crippen molar-refractivity contribution in [3.63, 3.8) is 0 Å². The van der Waals surface area contributed by atoms with E-state index < -0.39 is 0 Å². The number of nitrogen functional groups attached to an aromatic ring is 1. The van der Waals surface area contributed by atoms with Crippen LogP contribution in [0.1, 0.15) is 11.1 Å². The van der Waals surface area contributed by atoms with Crippen LogP contribution in [0.15, 0.2) is 65.7 Å². The molecule has 0 radical (unpaired) electrons. The third-order valence-corrected chi connectivity index (χ3v) is 3.52. The predicted molar refractivity (Wildman–Crippen MR) is 91.6 cm³/mol. The molecule has 5 heteroatoms. The molecule has 0 saturated heterocycles. The van der Waals surface area contributed by atoms with E-state index in [0.29, 0.717) is 22.7 Å². The molecule has 0 unspecified atom stereocenters. The number of nitrogens with zero attached hydrogens (tertiary/aromatic N) is 1. The first kappa shape index (κ1) is 14.6. The van der Waals surface area contributed by atoms with E-state index in [0.717, 1.165) is 16.7 Å². The van der Waals surface area contributed by atoms with Gasteiger partial charge in [-0.1, -0.05) is 54.2 Å². The van der Waals surface area contributed by atoms with Crippen LogP contribution < -0.4 is 11.5 Å². The molecule has 0 bridgehead atoms. The van der Waals surface area contributed by atoms with Crippen LogP contribution >= 0.6 is 0 Å². The van der Waals surface area contributed by atoms with Crippen molar-refractivity contribution in [1.82, 2.24) is 5.16 Å². The van der Waals surface area contributed by atoms with Crippen molar-refractivity contribution in [2.45, 2.75) is 0 Å². The average Bonchev–Trinajstić information content (AvgIpc) is 3.05. The van der Waals surface area contributed by atoms with Gasteiger partial charge in [0.2, 0.25) is 0 Å². The molecule has 0 aliphatic carbocycles. The Morgan fingerprint density at radius 2 is 1.70 bits per heavy atom. The molecule has 5 N–H and O–H groups in total. The Hall–Kier alpha value is -3.34. The zero-order chi connectivity index (χ0) is 16.4. The molecule has 0 fully saturated rings. The van der Waals surface area contributed by atoms with E-state index in [2.05, 4.69) is 11.7 Å². The van der Waals surface area contributed by atoms with Crippen LogP contribution in [-0.4, -0.2) is 11.0 Å². The van der Waals surface area contributed by atoms with Crippen molar-refractivity contribution >= 4 is 11.5 Å². The molecule has 114 valence electrons. The van der Waals surface area contributed by atoms with Crippen LogP contribution in [0.5, 0.6) is 0 Å². The van der Waals surface area contributed by atoms with Gasteiger partial charge in [0, 0.05) is 28.5 Å². The van der Waals surface area contributed by atoms with E-state index in [-0.39, 0.29) is 5.84 Å². The highest BCUT2D eigenvalue weighted by Crippen LogP contribution is 2.27. The monoisotopic (exact) mass is 304 g/mol. The molecular formula is C18H16N4O. The van der Waals surface area contributed by atoms with Crippen LogP contribution in [0.25, 0.3) is 28.3 Å². The average molecular weight is 304 g/mol. The second-order valence-electron chi connectivity index (χ2n) is 5.17. The Balaban J connectivity index is 1.92. The zero-order valence-corrected chi connectivity index (χ0v) is 12.4. The number of benzene rings is 2. The summed E-state index contributed by atoms with van der Waals surface area (Å²) in [6, 6.07) is 16.8. The van der Waals surface area contributed by atoms with E-state index in [1.165, 1.54) is 0 Å². The summed E-state index contributed by atoms with van der Waals surface area (Å²) in [5.41, 5.74) is 15.7. The lowest BCUT2D eigenvalue weighted by molar-refractivity contribution is 0.435. The summed E-state index contributed by atoms with van der Waals surface area (Å²) in [5, 5.41) is 11.5. The second kappa shape index (κ2) is 5.81. The minimum atomic E-state index is 0.0382. The Morgan fingerprint density at radius 1 is 0.957 bits per heavy atom. The van der Waals surface area contributed by atoms with E-state index >= 15 is 0 Å². The SMILES string of the molecule is C=C(N)c1cccc(-c2cc(-c3ccc(C(=N)N)cc3)no2)c1. The lowest BCUT2D eigenvalue weighted by atomic mass is 10.1. The van der Waals surface area contributed by atoms with Gasteiger partial charge >= 0.3 is 0 Å². The molecule has 0 saturated carbocycles. The van der Waals surface area contributed by atoms with E-state index in [1.807, 2.05) is 42.5 Å². The smallest absolute Gasteiger partial charge is 0.167 e. The van der Waals surface area contributed by atoms with Crippen LogP contribution in [0.2, 0.25) is 0 Å². The Kier molecular flexibility index (Phi) is 3.68. The lowest BCUT2D eigenvalue weighted by Crippen LogP contribution is -2.10. The minimum absolute atomic E-state index is 0.0382. The molecule has 1 heterocycles. The summed E-state index contributed by atoms with van der Waals surface area (Å²) < 4.78 is 5.43. The van der Waals surface area contributed by atoms with E-state index in [4.69, 9.17) is 21.4 Å². The van der Waals surface area contributed by atoms with Crippen molar-refractivity contribution in [3.8, 4) is 22.6 Å². The summed E-state index contributed by atoms with van der Waals surface area (Å²) in [5.74, 6) is 0.690. The van der Waals surface area contributed by atoms with Crippen molar-refractivity contribution in [2.24, 2.45) is 11.5 Å². The Morgan fingerprint density at radius 3 is 2.35 bits per heavy atom. The quantitative estimate of drug-likeness (QED) is 0.508. The lowest BCUT2D eigenvalue weighted by Gasteiger charge is -2.01. The van der Waals surface area contributed by atoms with Gasteiger partial charge in [-0.3, -0.25) is 5.41 Å². The number of rotatable bonds is 4. The van der Waals surface area contributed by atoms with Gasteiger partial charge in [-0.25, -0.2) is 0 Å². The van der Waals surface area contributed by atoms with Gasteiger partial charge in [0.1, 0.15) is 11.5 Å². The number of hydrogen-bond acceptors (Lipinski definition) is 4. The van der Waals surface area contributed by atoms with Crippen LogP contribution in [-0.2, 0) is 0 Å². The van der Waals surface area contributed by atoms with Crippen molar-refractivity contribution in [1.29, 1.82) is 5.41 Å². The molecular weight excluding hydrogens is 288 g/mol. The maximum Gasteiger partial charge on any atom is 0.167 e. The molecule has 0 atom stereocenters. The topological polar surface area (TPSA) is 102 Å². The molecule has 2 aromatic carbocycles. The third kappa shape index (κ3) is 2.98. The summed E-state index contributed by atoms with van der Waals surface area (Å²) >= 11 is 0. The maximum absolute atomic E-state index is 7.41. The number of nitrogens with two attached hydrogens (primary N) is 2.